The van der Waals surface area contributed by atoms with E-state index in [1.807, 2.05) is 36.5 Å². The van der Waals surface area contributed by atoms with Crippen LogP contribution in [0.1, 0.15) is 12.8 Å². The van der Waals surface area contributed by atoms with E-state index in [4.69, 9.17) is 14.7 Å². The lowest BCUT2D eigenvalue weighted by Gasteiger charge is -2.23. The van der Waals surface area contributed by atoms with Gasteiger partial charge in [0.15, 0.2) is 11.5 Å². The van der Waals surface area contributed by atoms with Gasteiger partial charge in [0, 0.05) is 35.9 Å². The summed E-state index contributed by atoms with van der Waals surface area (Å²) >= 11 is 0. The number of aromatic nitrogens is 8. The standard InChI is InChI=1S/C27H23N9O/c1-2-22-25(32-21(1)17-11-19(13-30-12-17)37-18-5-9-29-10-6-18)26(36-35-22)27-33-23-15-31-14-20(24(23)34-27)16-3-7-28-8-4-16/h1-4,7-8,11-15,18,29H,5-6,9-10H2,(H,33,34)(H,35,36). The van der Waals surface area contributed by atoms with Gasteiger partial charge in [-0.2, -0.15) is 5.10 Å². The van der Waals surface area contributed by atoms with E-state index in [0.29, 0.717) is 11.5 Å². The lowest BCUT2D eigenvalue weighted by atomic mass is 10.1. The molecule has 10 nitrogen and oxygen atoms in total. The summed E-state index contributed by atoms with van der Waals surface area (Å²) in [6.07, 6.45) is 12.8. The fraction of sp³-hybridized carbons (Fsp3) is 0.185. The molecule has 1 saturated heterocycles. The molecule has 0 atom stereocenters. The molecule has 37 heavy (non-hydrogen) atoms. The third-order valence-corrected chi connectivity index (χ3v) is 6.62. The van der Waals surface area contributed by atoms with Crippen molar-refractivity contribution in [3.8, 4) is 39.7 Å². The van der Waals surface area contributed by atoms with Gasteiger partial charge >= 0.3 is 0 Å². The summed E-state index contributed by atoms with van der Waals surface area (Å²) in [7, 11) is 0. The average molecular weight is 490 g/mol. The number of pyridine rings is 4. The van der Waals surface area contributed by atoms with Crippen LogP contribution in [0.5, 0.6) is 5.75 Å². The Morgan fingerprint density at radius 2 is 1.65 bits per heavy atom. The van der Waals surface area contributed by atoms with Gasteiger partial charge in [-0.15, -0.1) is 0 Å². The Kier molecular flexibility index (Phi) is 5.29. The predicted molar refractivity (Wildman–Crippen MR) is 140 cm³/mol. The van der Waals surface area contributed by atoms with Crippen LogP contribution in [0.4, 0.5) is 0 Å². The van der Waals surface area contributed by atoms with Crippen LogP contribution in [0, 0.1) is 0 Å². The van der Waals surface area contributed by atoms with Gasteiger partial charge in [-0.05, 0) is 61.8 Å². The molecular weight excluding hydrogens is 466 g/mol. The van der Waals surface area contributed by atoms with Crippen LogP contribution in [-0.2, 0) is 0 Å². The van der Waals surface area contributed by atoms with Crippen molar-refractivity contribution in [3.63, 3.8) is 0 Å². The first-order chi connectivity index (χ1) is 18.3. The summed E-state index contributed by atoms with van der Waals surface area (Å²) in [6.45, 7) is 1.95. The van der Waals surface area contributed by atoms with Crippen molar-refractivity contribution >= 4 is 22.1 Å². The van der Waals surface area contributed by atoms with Crippen LogP contribution in [0.15, 0.2) is 67.5 Å². The first-order valence-electron chi connectivity index (χ1n) is 12.2. The van der Waals surface area contributed by atoms with Crippen LogP contribution < -0.4 is 10.1 Å². The Morgan fingerprint density at radius 1 is 0.784 bits per heavy atom. The van der Waals surface area contributed by atoms with Gasteiger partial charge in [0.1, 0.15) is 17.4 Å². The van der Waals surface area contributed by atoms with Crippen molar-refractivity contribution in [2.75, 3.05) is 13.1 Å². The van der Waals surface area contributed by atoms with Crippen molar-refractivity contribution in [2.24, 2.45) is 0 Å². The first-order valence-corrected chi connectivity index (χ1v) is 12.2. The van der Waals surface area contributed by atoms with E-state index in [0.717, 1.165) is 76.1 Å². The molecule has 0 amide bonds. The quantitative estimate of drug-likeness (QED) is 0.329. The number of nitrogens with one attached hydrogen (secondary N) is 3. The topological polar surface area (TPSA) is 130 Å². The number of piperidine rings is 1. The number of ether oxygens (including phenoxy) is 1. The minimum atomic E-state index is 0.203. The van der Waals surface area contributed by atoms with Crippen molar-refractivity contribution < 1.29 is 4.74 Å². The Balaban J connectivity index is 1.26. The maximum absolute atomic E-state index is 6.19. The third-order valence-electron chi connectivity index (χ3n) is 6.62. The van der Waals surface area contributed by atoms with Gasteiger partial charge in [-0.25, -0.2) is 9.97 Å². The zero-order valence-electron chi connectivity index (χ0n) is 19.8. The Hall–Kier alpha value is -4.70. The largest absolute Gasteiger partial charge is 0.489 e. The number of fused-ring (bicyclic) bond motifs is 2. The highest BCUT2D eigenvalue weighted by Gasteiger charge is 2.18. The predicted octanol–water partition coefficient (Wildman–Crippen LogP) is 4.15. The highest BCUT2D eigenvalue weighted by molar-refractivity contribution is 5.95. The fourth-order valence-corrected chi connectivity index (χ4v) is 4.74. The van der Waals surface area contributed by atoms with Crippen LogP contribution in [0.3, 0.4) is 0 Å². The van der Waals surface area contributed by atoms with E-state index in [1.54, 1.807) is 31.0 Å². The minimum absolute atomic E-state index is 0.203. The highest BCUT2D eigenvalue weighted by Crippen LogP contribution is 2.31. The summed E-state index contributed by atoms with van der Waals surface area (Å²) in [5.41, 5.74) is 7.41. The molecule has 0 bridgehead atoms. The van der Waals surface area contributed by atoms with E-state index >= 15 is 0 Å². The molecule has 7 heterocycles. The van der Waals surface area contributed by atoms with E-state index in [9.17, 15) is 0 Å². The smallest absolute Gasteiger partial charge is 0.161 e. The van der Waals surface area contributed by atoms with Crippen molar-refractivity contribution in [3.05, 3.63) is 67.5 Å². The summed E-state index contributed by atoms with van der Waals surface area (Å²) < 4.78 is 6.19. The molecule has 0 aliphatic carbocycles. The Labute approximate surface area is 211 Å². The second-order valence-corrected chi connectivity index (χ2v) is 9.05. The van der Waals surface area contributed by atoms with Gasteiger partial charge in [0.2, 0.25) is 0 Å². The van der Waals surface area contributed by atoms with Crippen molar-refractivity contribution in [1.29, 1.82) is 0 Å². The average Bonchev–Trinajstić information content (AvgIpc) is 3.58. The van der Waals surface area contributed by atoms with Gasteiger partial charge < -0.3 is 15.0 Å². The number of nitrogens with zero attached hydrogens (tertiary/aromatic N) is 6. The molecule has 6 aromatic heterocycles. The third kappa shape index (κ3) is 4.07. The molecule has 0 spiro atoms. The van der Waals surface area contributed by atoms with Crippen LogP contribution in [0.25, 0.3) is 56.0 Å². The molecular formula is C27H23N9O. The summed E-state index contributed by atoms with van der Waals surface area (Å²) in [6, 6.07) is 9.82. The summed E-state index contributed by atoms with van der Waals surface area (Å²) in [5.74, 6) is 1.38. The zero-order valence-corrected chi connectivity index (χ0v) is 19.8. The monoisotopic (exact) mass is 489 g/mol. The molecule has 0 aromatic carbocycles. The zero-order chi connectivity index (χ0) is 24.6. The van der Waals surface area contributed by atoms with Gasteiger partial charge in [-0.3, -0.25) is 20.1 Å². The molecule has 7 rings (SSSR count). The van der Waals surface area contributed by atoms with E-state index < -0.39 is 0 Å². The van der Waals surface area contributed by atoms with Gasteiger partial charge in [-0.1, -0.05) is 0 Å². The molecule has 10 heteroatoms. The second kappa shape index (κ2) is 9.07. The first kappa shape index (κ1) is 21.6. The number of aromatic amines is 2. The summed E-state index contributed by atoms with van der Waals surface area (Å²) in [4.78, 5) is 26.1. The second-order valence-electron chi connectivity index (χ2n) is 9.05. The van der Waals surface area contributed by atoms with E-state index in [1.165, 1.54) is 0 Å². The Morgan fingerprint density at radius 3 is 2.54 bits per heavy atom. The molecule has 6 aromatic rings. The lowest BCUT2D eigenvalue weighted by molar-refractivity contribution is 0.162. The molecule has 1 aliphatic rings. The van der Waals surface area contributed by atoms with Crippen LogP contribution in [-0.4, -0.2) is 59.3 Å². The van der Waals surface area contributed by atoms with Gasteiger partial charge in [0.25, 0.3) is 0 Å². The van der Waals surface area contributed by atoms with Gasteiger partial charge in [0.05, 0.1) is 34.6 Å². The summed E-state index contributed by atoms with van der Waals surface area (Å²) in [5, 5.41) is 11.0. The van der Waals surface area contributed by atoms with E-state index in [-0.39, 0.29) is 6.10 Å². The molecule has 0 saturated carbocycles. The fourth-order valence-electron chi connectivity index (χ4n) is 4.74. The molecule has 0 unspecified atom stereocenters. The molecule has 1 fully saturated rings. The number of hydrogen-bond acceptors (Lipinski definition) is 8. The Bertz CT molecular complexity index is 1700. The van der Waals surface area contributed by atoms with Crippen LogP contribution in [0.2, 0.25) is 0 Å². The highest BCUT2D eigenvalue weighted by atomic mass is 16.5. The molecule has 0 radical (unpaired) electrons. The van der Waals surface area contributed by atoms with E-state index in [2.05, 4.69) is 35.5 Å². The molecule has 1 aliphatic heterocycles. The molecule has 182 valence electrons. The number of rotatable bonds is 5. The lowest BCUT2D eigenvalue weighted by Crippen LogP contribution is -2.34. The normalized spacial score (nSPS) is 14.4. The van der Waals surface area contributed by atoms with Crippen molar-refractivity contribution in [1.82, 2.24) is 45.4 Å². The number of hydrogen-bond donors (Lipinski definition) is 3. The maximum Gasteiger partial charge on any atom is 0.161 e. The molecule has 3 N–H and O–H groups in total. The van der Waals surface area contributed by atoms with Crippen LogP contribution >= 0.6 is 0 Å². The number of H-pyrrole nitrogens is 2. The SMILES string of the molecule is c1cc(-c2cncc3[nH]c(-c4n[nH]c5ccc(-c6cncc(OC7CCNCC7)c6)nc45)nc23)ccn1. The maximum atomic E-state index is 6.19. The van der Waals surface area contributed by atoms with Crippen molar-refractivity contribution in [2.45, 2.75) is 18.9 Å². The number of imidazole rings is 1. The minimum Gasteiger partial charge on any atom is -0.489 e.